The van der Waals surface area contributed by atoms with E-state index in [9.17, 15) is 0 Å². The summed E-state index contributed by atoms with van der Waals surface area (Å²) in [5.41, 5.74) is 0.633. The zero-order valence-corrected chi connectivity index (χ0v) is 9.34. The van der Waals surface area contributed by atoms with Crippen LogP contribution in [0.1, 0.15) is 46.5 Å². The minimum atomic E-state index is 0.633. The van der Waals surface area contributed by atoms with Gasteiger partial charge in [0.05, 0.1) is 0 Å². The number of hydrogen-bond acceptors (Lipinski definition) is 1. The lowest BCUT2D eigenvalue weighted by atomic mass is 9.83. The molecule has 0 aromatic heterocycles. The molecule has 2 aliphatic rings. The summed E-state index contributed by atoms with van der Waals surface area (Å²) in [5.74, 6) is 1.81. The van der Waals surface area contributed by atoms with Gasteiger partial charge in [0.15, 0.2) is 0 Å². The van der Waals surface area contributed by atoms with E-state index < -0.39 is 0 Å². The molecule has 13 heavy (non-hydrogen) atoms. The highest BCUT2D eigenvalue weighted by atomic mass is 15.2. The standard InChI is InChI=1S/C12H23N/c1-10(2)7-12-5-4-6-13(12)9-11(3)8-12/h10-11H,4-9H2,1-3H3. The number of fused-ring (bicyclic) bond motifs is 1. The van der Waals surface area contributed by atoms with E-state index in [-0.39, 0.29) is 0 Å². The summed E-state index contributed by atoms with van der Waals surface area (Å²) < 4.78 is 0. The van der Waals surface area contributed by atoms with Crippen molar-refractivity contribution in [2.45, 2.75) is 52.0 Å². The third-order valence-electron chi connectivity index (χ3n) is 3.79. The van der Waals surface area contributed by atoms with Gasteiger partial charge in [0, 0.05) is 12.1 Å². The number of rotatable bonds is 2. The first-order valence-electron chi connectivity index (χ1n) is 5.87. The Balaban J connectivity index is 2.09. The van der Waals surface area contributed by atoms with E-state index in [0.717, 1.165) is 11.8 Å². The van der Waals surface area contributed by atoms with Gasteiger partial charge < -0.3 is 0 Å². The Labute approximate surface area is 82.5 Å². The van der Waals surface area contributed by atoms with Crippen molar-refractivity contribution in [2.75, 3.05) is 13.1 Å². The van der Waals surface area contributed by atoms with Crippen LogP contribution in [0.25, 0.3) is 0 Å². The van der Waals surface area contributed by atoms with Crippen molar-refractivity contribution in [1.82, 2.24) is 4.90 Å². The minimum absolute atomic E-state index is 0.633. The second kappa shape index (κ2) is 3.27. The summed E-state index contributed by atoms with van der Waals surface area (Å²) >= 11 is 0. The Morgan fingerprint density at radius 2 is 2.23 bits per heavy atom. The van der Waals surface area contributed by atoms with Crippen LogP contribution in [-0.4, -0.2) is 23.5 Å². The van der Waals surface area contributed by atoms with Crippen LogP contribution in [0.2, 0.25) is 0 Å². The highest BCUT2D eigenvalue weighted by Gasteiger charge is 2.46. The van der Waals surface area contributed by atoms with Gasteiger partial charge in [-0.25, -0.2) is 0 Å². The summed E-state index contributed by atoms with van der Waals surface area (Å²) in [6, 6.07) is 0. The fourth-order valence-corrected chi connectivity index (χ4v) is 3.67. The van der Waals surface area contributed by atoms with Gasteiger partial charge in [0.1, 0.15) is 0 Å². The second-order valence-electron chi connectivity index (χ2n) is 5.68. The zero-order valence-electron chi connectivity index (χ0n) is 9.34. The molecule has 76 valence electrons. The molecule has 0 aromatic rings. The first-order valence-corrected chi connectivity index (χ1v) is 5.87. The quantitative estimate of drug-likeness (QED) is 0.633. The number of nitrogens with zero attached hydrogens (tertiary/aromatic N) is 1. The first kappa shape index (κ1) is 9.51. The zero-order chi connectivity index (χ0) is 9.47. The largest absolute Gasteiger partial charge is 0.297 e. The second-order valence-corrected chi connectivity index (χ2v) is 5.68. The normalized spacial score (nSPS) is 40.2. The SMILES string of the molecule is CC(C)CC12CCCN1CC(C)C2. The topological polar surface area (TPSA) is 3.24 Å². The molecule has 2 unspecified atom stereocenters. The molecule has 2 heterocycles. The minimum Gasteiger partial charge on any atom is -0.297 e. The fraction of sp³-hybridized carbons (Fsp3) is 1.00. The van der Waals surface area contributed by atoms with E-state index in [4.69, 9.17) is 0 Å². The first-order chi connectivity index (χ1) is 6.12. The molecular weight excluding hydrogens is 158 g/mol. The van der Waals surface area contributed by atoms with Crippen molar-refractivity contribution >= 4 is 0 Å². The summed E-state index contributed by atoms with van der Waals surface area (Å²) in [4.78, 5) is 2.78. The molecule has 2 saturated heterocycles. The summed E-state index contributed by atoms with van der Waals surface area (Å²) in [7, 11) is 0. The average Bonchev–Trinajstić information content (AvgIpc) is 2.40. The predicted molar refractivity (Wildman–Crippen MR) is 56.8 cm³/mol. The molecule has 0 amide bonds. The molecule has 0 saturated carbocycles. The Hall–Kier alpha value is -0.0400. The monoisotopic (exact) mass is 181 g/mol. The van der Waals surface area contributed by atoms with Gasteiger partial charge in [-0.3, -0.25) is 4.90 Å². The maximum atomic E-state index is 2.78. The summed E-state index contributed by atoms with van der Waals surface area (Å²) in [6.07, 6.45) is 5.80. The molecule has 0 N–H and O–H groups in total. The third-order valence-corrected chi connectivity index (χ3v) is 3.79. The van der Waals surface area contributed by atoms with Crippen molar-refractivity contribution in [3.05, 3.63) is 0 Å². The van der Waals surface area contributed by atoms with Crippen molar-refractivity contribution in [1.29, 1.82) is 0 Å². The molecule has 0 bridgehead atoms. The van der Waals surface area contributed by atoms with Crippen LogP contribution >= 0.6 is 0 Å². The highest BCUT2D eigenvalue weighted by molar-refractivity contribution is 5.02. The van der Waals surface area contributed by atoms with E-state index in [0.29, 0.717) is 5.54 Å². The maximum absolute atomic E-state index is 2.78. The van der Waals surface area contributed by atoms with Gasteiger partial charge in [-0.2, -0.15) is 0 Å². The van der Waals surface area contributed by atoms with Crippen molar-refractivity contribution in [3.63, 3.8) is 0 Å². The molecule has 2 rings (SSSR count). The van der Waals surface area contributed by atoms with E-state index >= 15 is 0 Å². The van der Waals surface area contributed by atoms with Crippen LogP contribution in [0.5, 0.6) is 0 Å². The van der Waals surface area contributed by atoms with Crippen molar-refractivity contribution in [2.24, 2.45) is 11.8 Å². The smallest absolute Gasteiger partial charge is 0.0215 e. The lowest BCUT2D eigenvalue weighted by Gasteiger charge is -2.33. The van der Waals surface area contributed by atoms with Crippen LogP contribution in [0.15, 0.2) is 0 Å². The summed E-state index contributed by atoms with van der Waals surface area (Å²) in [6.45, 7) is 9.90. The summed E-state index contributed by atoms with van der Waals surface area (Å²) in [5, 5.41) is 0. The van der Waals surface area contributed by atoms with Gasteiger partial charge in [0.2, 0.25) is 0 Å². The Morgan fingerprint density at radius 3 is 2.92 bits per heavy atom. The lowest BCUT2D eigenvalue weighted by molar-refractivity contribution is 0.163. The van der Waals surface area contributed by atoms with Crippen molar-refractivity contribution in [3.8, 4) is 0 Å². The molecule has 1 heteroatoms. The predicted octanol–water partition coefficient (Wildman–Crippen LogP) is 2.91. The average molecular weight is 181 g/mol. The fourth-order valence-electron chi connectivity index (χ4n) is 3.67. The van der Waals surface area contributed by atoms with E-state index in [1.807, 2.05) is 0 Å². The lowest BCUT2D eigenvalue weighted by Crippen LogP contribution is -2.39. The Kier molecular flexibility index (Phi) is 2.39. The third kappa shape index (κ3) is 1.63. The number of hydrogen-bond donors (Lipinski definition) is 0. The van der Waals surface area contributed by atoms with E-state index in [1.54, 1.807) is 0 Å². The van der Waals surface area contributed by atoms with Gasteiger partial charge >= 0.3 is 0 Å². The van der Waals surface area contributed by atoms with Crippen LogP contribution < -0.4 is 0 Å². The molecular formula is C12H23N. The molecule has 2 aliphatic heterocycles. The van der Waals surface area contributed by atoms with Crippen LogP contribution in [0.4, 0.5) is 0 Å². The van der Waals surface area contributed by atoms with Crippen LogP contribution in [0, 0.1) is 11.8 Å². The molecule has 0 radical (unpaired) electrons. The van der Waals surface area contributed by atoms with E-state index in [1.165, 1.54) is 38.8 Å². The molecule has 0 aromatic carbocycles. The molecule has 1 nitrogen and oxygen atoms in total. The van der Waals surface area contributed by atoms with Gasteiger partial charge in [-0.05, 0) is 44.1 Å². The van der Waals surface area contributed by atoms with Crippen LogP contribution in [-0.2, 0) is 0 Å². The van der Waals surface area contributed by atoms with Gasteiger partial charge in [0.25, 0.3) is 0 Å². The molecule has 2 atom stereocenters. The Morgan fingerprint density at radius 1 is 1.46 bits per heavy atom. The van der Waals surface area contributed by atoms with Gasteiger partial charge in [-0.1, -0.05) is 20.8 Å². The molecule has 0 spiro atoms. The van der Waals surface area contributed by atoms with Crippen molar-refractivity contribution < 1.29 is 0 Å². The van der Waals surface area contributed by atoms with E-state index in [2.05, 4.69) is 25.7 Å². The highest BCUT2D eigenvalue weighted by Crippen LogP contribution is 2.45. The maximum Gasteiger partial charge on any atom is 0.0215 e. The van der Waals surface area contributed by atoms with Crippen LogP contribution in [0.3, 0.4) is 0 Å². The van der Waals surface area contributed by atoms with Gasteiger partial charge in [-0.15, -0.1) is 0 Å². The molecule has 0 aliphatic carbocycles. The Bertz CT molecular complexity index is 188. The molecule has 2 fully saturated rings.